The molecule has 0 saturated carbocycles. The first-order chi connectivity index (χ1) is 13.3. The molecular formula is C21H23N5O. The van der Waals surface area contributed by atoms with Crippen LogP contribution >= 0.6 is 0 Å². The van der Waals surface area contributed by atoms with Crippen LogP contribution in [0, 0.1) is 0 Å². The Labute approximate surface area is 158 Å². The highest BCUT2D eigenvalue weighted by atomic mass is 16.5. The van der Waals surface area contributed by atoms with Gasteiger partial charge in [-0.05, 0) is 31.4 Å². The van der Waals surface area contributed by atoms with Gasteiger partial charge in [-0.2, -0.15) is 4.98 Å². The van der Waals surface area contributed by atoms with Crippen molar-refractivity contribution >= 4 is 0 Å². The van der Waals surface area contributed by atoms with Crippen molar-refractivity contribution < 1.29 is 4.52 Å². The molecule has 3 atom stereocenters. The Morgan fingerprint density at radius 2 is 1.96 bits per heavy atom. The SMILES string of the molecule is CCc1ncc(-c2nc([C@H]3C[C@@H](c4ccccc4)N4CCC[C@H]34)no2)cn1. The molecule has 0 N–H and O–H groups in total. The lowest BCUT2D eigenvalue weighted by Gasteiger charge is -2.24. The van der Waals surface area contributed by atoms with Crippen molar-refractivity contribution in [3.63, 3.8) is 0 Å². The molecule has 0 aliphatic carbocycles. The summed E-state index contributed by atoms with van der Waals surface area (Å²) in [7, 11) is 0. The van der Waals surface area contributed by atoms with Crippen LogP contribution in [-0.2, 0) is 6.42 Å². The van der Waals surface area contributed by atoms with Crippen LogP contribution in [0.5, 0.6) is 0 Å². The van der Waals surface area contributed by atoms with Gasteiger partial charge < -0.3 is 4.52 Å². The lowest BCUT2D eigenvalue weighted by molar-refractivity contribution is 0.243. The number of aromatic nitrogens is 4. The van der Waals surface area contributed by atoms with Gasteiger partial charge in [0, 0.05) is 36.8 Å². The molecule has 3 aromatic rings. The van der Waals surface area contributed by atoms with Crippen molar-refractivity contribution in [2.24, 2.45) is 0 Å². The Hall–Kier alpha value is -2.60. The zero-order valence-corrected chi connectivity index (χ0v) is 15.5. The van der Waals surface area contributed by atoms with Gasteiger partial charge in [-0.15, -0.1) is 0 Å². The molecule has 5 rings (SSSR count). The maximum absolute atomic E-state index is 5.57. The van der Waals surface area contributed by atoms with Crippen LogP contribution in [0.15, 0.2) is 47.2 Å². The van der Waals surface area contributed by atoms with E-state index in [-0.39, 0.29) is 0 Å². The summed E-state index contributed by atoms with van der Waals surface area (Å²) >= 11 is 0. The zero-order chi connectivity index (χ0) is 18.2. The topological polar surface area (TPSA) is 67.9 Å². The highest BCUT2D eigenvalue weighted by Crippen LogP contribution is 2.48. The standard InChI is InChI=1S/C21H23N5O/c1-2-19-22-12-15(13-23-19)21-24-20(25-27-21)16-11-18(14-7-4-3-5-8-14)26-10-6-9-17(16)26/h3-5,7-8,12-13,16-18H,2,6,9-11H2,1H3/t16-,17+,18-/m0/s1. The maximum Gasteiger partial charge on any atom is 0.261 e. The van der Waals surface area contributed by atoms with Gasteiger partial charge in [-0.1, -0.05) is 42.4 Å². The Morgan fingerprint density at radius 1 is 1.15 bits per heavy atom. The minimum Gasteiger partial charge on any atom is -0.334 e. The number of nitrogens with zero attached hydrogens (tertiary/aromatic N) is 5. The second-order valence-corrected chi connectivity index (χ2v) is 7.42. The average Bonchev–Trinajstić information content (AvgIpc) is 3.45. The van der Waals surface area contributed by atoms with Crippen LogP contribution < -0.4 is 0 Å². The molecule has 0 unspecified atom stereocenters. The van der Waals surface area contributed by atoms with E-state index in [0.29, 0.717) is 23.9 Å². The average molecular weight is 361 g/mol. The van der Waals surface area contributed by atoms with Gasteiger partial charge in [0.15, 0.2) is 5.82 Å². The number of hydrogen-bond donors (Lipinski definition) is 0. The summed E-state index contributed by atoms with van der Waals surface area (Å²) in [5, 5.41) is 4.34. The first kappa shape index (κ1) is 16.6. The molecule has 2 fully saturated rings. The van der Waals surface area contributed by atoms with Crippen LogP contribution in [0.3, 0.4) is 0 Å². The van der Waals surface area contributed by atoms with Gasteiger partial charge >= 0.3 is 0 Å². The quantitative estimate of drug-likeness (QED) is 0.704. The molecule has 2 aliphatic rings. The van der Waals surface area contributed by atoms with E-state index in [9.17, 15) is 0 Å². The third kappa shape index (κ3) is 2.94. The molecule has 0 bridgehead atoms. The summed E-state index contributed by atoms with van der Waals surface area (Å²) in [4.78, 5) is 16.0. The van der Waals surface area contributed by atoms with Gasteiger partial charge in [0.2, 0.25) is 0 Å². The van der Waals surface area contributed by atoms with Crippen LogP contribution in [-0.4, -0.2) is 37.6 Å². The molecule has 6 nitrogen and oxygen atoms in total. The third-order valence-corrected chi connectivity index (χ3v) is 5.91. The molecule has 2 saturated heterocycles. The number of aryl methyl sites for hydroxylation is 1. The van der Waals surface area contributed by atoms with Crippen LogP contribution in [0.4, 0.5) is 0 Å². The summed E-state index contributed by atoms with van der Waals surface area (Å²) in [5.41, 5.74) is 2.17. The van der Waals surface area contributed by atoms with Crippen molar-refractivity contribution in [1.29, 1.82) is 0 Å². The normalized spacial score (nSPS) is 25.0. The van der Waals surface area contributed by atoms with E-state index in [1.807, 2.05) is 6.92 Å². The molecule has 0 spiro atoms. The van der Waals surface area contributed by atoms with E-state index in [1.54, 1.807) is 12.4 Å². The fourth-order valence-electron chi connectivity index (χ4n) is 4.60. The summed E-state index contributed by atoms with van der Waals surface area (Å²) in [6, 6.07) is 11.7. The van der Waals surface area contributed by atoms with Gasteiger partial charge in [-0.3, -0.25) is 4.90 Å². The van der Waals surface area contributed by atoms with E-state index in [2.05, 4.69) is 50.4 Å². The predicted molar refractivity (Wildman–Crippen MR) is 101 cm³/mol. The number of benzene rings is 1. The van der Waals surface area contributed by atoms with Crippen molar-refractivity contribution in [2.75, 3.05) is 6.54 Å². The summed E-state index contributed by atoms with van der Waals surface area (Å²) < 4.78 is 5.57. The second kappa shape index (κ2) is 6.85. The predicted octanol–water partition coefficient (Wildman–Crippen LogP) is 3.78. The van der Waals surface area contributed by atoms with Crippen molar-refractivity contribution in [3.8, 4) is 11.5 Å². The van der Waals surface area contributed by atoms with Crippen molar-refractivity contribution in [3.05, 3.63) is 59.9 Å². The highest BCUT2D eigenvalue weighted by Gasteiger charge is 2.46. The Balaban J connectivity index is 1.42. The fourth-order valence-corrected chi connectivity index (χ4v) is 4.60. The summed E-state index contributed by atoms with van der Waals surface area (Å²) in [6.07, 6.45) is 7.83. The molecule has 138 valence electrons. The van der Waals surface area contributed by atoms with Gasteiger partial charge in [0.05, 0.1) is 5.56 Å². The van der Waals surface area contributed by atoms with Crippen molar-refractivity contribution in [2.45, 2.75) is 50.6 Å². The smallest absolute Gasteiger partial charge is 0.261 e. The van der Waals surface area contributed by atoms with Gasteiger partial charge in [0.1, 0.15) is 5.82 Å². The van der Waals surface area contributed by atoms with E-state index >= 15 is 0 Å². The van der Waals surface area contributed by atoms with Crippen LogP contribution in [0.2, 0.25) is 0 Å². The molecule has 2 aliphatic heterocycles. The molecule has 2 aromatic heterocycles. The van der Waals surface area contributed by atoms with E-state index < -0.39 is 0 Å². The molecule has 4 heterocycles. The number of rotatable bonds is 4. The minimum atomic E-state index is 0.311. The Bertz CT molecular complexity index is 908. The van der Waals surface area contributed by atoms with Crippen molar-refractivity contribution in [1.82, 2.24) is 25.0 Å². The Kier molecular flexibility index (Phi) is 4.20. The van der Waals surface area contributed by atoms with Gasteiger partial charge in [0.25, 0.3) is 5.89 Å². The summed E-state index contributed by atoms with van der Waals surface area (Å²) in [6.45, 7) is 3.19. The zero-order valence-electron chi connectivity index (χ0n) is 15.5. The molecule has 0 radical (unpaired) electrons. The van der Waals surface area contributed by atoms with E-state index in [1.165, 1.54) is 18.4 Å². The van der Waals surface area contributed by atoms with Crippen LogP contribution in [0.1, 0.15) is 55.4 Å². The monoisotopic (exact) mass is 361 g/mol. The highest BCUT2D eigenvalue weighted by molar-refractivity contribution is 5.49. The number of fused-ring (bicyclic) bond motifs is 1. The summed E-state index contributed by atoms with van der Waals surface area (Å²) in [5.74, 6) is 2.47. The molecular weight excluding hydrogens is 338 g/mol. The molecule has 1 aromatic carbocycles. The van der Waals surface area contributed by atoms with E-state index in [0.717, 1.165) is 36.6 Å². The maximum atomic E-state index is 5.57. The minimum absolute atomic E-state index is 0.311. The second-order valence-electron chi connectivity index (χ2n) is 7.42. The van der Waals surface area contributed by atoms with Gasteiger partial charge in [-0.25, -0.2) is 9.97 Å². The molecule has 0 amide bonds. The molecule has 6 heteroatoms. The first-order valence-electron chi connectivity index (χ1n) is 9.79. The largest absolute Gasteiger partial charge is 0.334 e. The Morgan fingerprint density at radius 3 is 2.74 bits per heavy atom. The van der Waals surface area contributed by atoms with Crippen LogP contribution in [0.25, 0.3) is 11.5 Å². The first-order valence-corrected chi connectivity index (χ1v) is 9.79. The van der Waals surface area contributed by atoms with E-state index in [4.69, 9.17) is 9.51 Å². The number of hydrogen-bond acceptors (Lipinski definition) is 6. The fraction of sp³-hybridized carbons (Fsp3) is 0.429. The third-order valence-electron chi connectivity index (χ3n) is 5.91. The molecule has 27 heavy (non-hydrogen) atoms. The lowest BCUT2D eigenvalue weighted by Crippen LogP contribution is -2.27. The lowest BCUT2D eigenvalue weighted by atomic mass is 9.94.